The number of hydrogen-bond donors (Lipinski definition) is 1. The molecule has 0 bridgehead atoms. The molecular formula is C12H14ClNO2. The first kappa shape index (κ1) is 11.4. The van der Waals surface area contributed by atoms with Gasteiger partial charge in [-0.25, -0.2) is 0 Å². The van der Waals surface area contributed by atoms with Gasteiger partial charge >= 0.3 is 0 Å². The van der Waals surface area contributed by atoms with Gasteiger partial charge in [0.15, 0.2) is 5.78 Å². The molecule has 0 aromatic heterocycles. The number of nitrogens with two attached hydrogens (primary N) is 1. The summed E-state index contributed by atoms with van der Waals surface area (Å²) in [5, 5.41) is 0.516. The molecular weight excluding hydrogens is 226 g/mol. The summed E-state index contributed by atoms with van der Waals surface area (Å²) in [6.07, 6.45) is 1.29. The Balaban J connectivity index is 2.34. The van der Waals surface area contributed by atoms with Gasteiger partial charge < -0.3 is 10.5 Å². The molecule has 0 amide bonds. The van der Waals surface area contributed by atoms with E-state index in [0.29, 0.717) is 23.6 Å². The molecule has 0 radical (unpaired) electrons. The number of hydrogen-bond acceptors (Lipinski definition) is 3. The largest absolute Gasteiger partial charge is 0.489 e. The Kier molecular flexibility index (Phi) is 3.17. The van der Waals surface area contributed by atoms with Crippen LogP contribution in [-0.4, -0.2) is 18.4 Å². The Morgan fingerprint density at radius 1 is 1.62 bits per heavy atom. The molecule has 1 unspecified atom stereocenters. The van der Waals surface area contributed by atoms with Crippen LogP contribution in [0.4, 0.5) is 0 Å². The lowest BCUT2D eigenvalue weighted by Crippen LogP contribution is -2.08. The molecule has 86 valence electrons. The maximum absolute atomic E-state index is 11.7. The molecule has 16 heavy (non-hydrogen) atoms. The smallest absolute Gasteiger partial charge is 0.164 e. The minimum atomic E-state index is 0.0340. The van der Waals surface area contributed by atoms with Gasteiger partial charge in [0, 0.05) is 24.0 Å². The molecule has 0 aliphatic carbocycles. The molecule has 1 aromatic carbocycles. The Bertz CT molecular complexity index is 431. The van der Waals surface area contributed by atoms with Crippen LogP contribution in [-0.2, 0) is 6.42 Å². The number of carbonyl (C=O) groups is 1. The van der Waals surface area contributed by atoms with Crippen molar-refractivity contribution in [3.8, 4) is 5.75 Å². The number of rotatable bonds is 3. The van der Waals surface area contributed by atoms with Gasteiger partial charge in [0.05, 0.1) is 5.02 Å². The monoisotopic (exact) mass is 239 g/mol. The minimum Gasteiger partial charge on any atom is -0.489 e. The third-order valence-corrected chi connectivity index (χ3v) is 2.92. The second kappa shape index (κ2) is 4.44. The van der Waals surface area contributed by atoms with Gasteiger partial charge in [0.1, 0.15) is 11.9 Å². The van der Waals surface area contributed by atoms with Crippen molar-refractivity contribution in [1.29, 1.82) is 0 Å². The van der Waals surface area contributed by atoms with E-state index in [9.17, 15) is 4.79 Å². The molecule has 1 aromatic rings. The van der Waals surface area contributed by atoms with Gasteiger partial charge in [0.2, 0.25) is 0 Å². The van der Waals surface area contributed by atoms with E-state index in [1.54, 1.807) is 6.07 Å². The molecule has 0 fully saturated rings. The van der Waals surface area contributed by atoms with Crippen LogP contribution in [0.5, 0.6) is 5.75 Å². The van der Waals surface area contributed by atoms with E-state index >= 15 is 0 Å². The first-order valence-electron chi connectivity index (χ1n) is 5.34. The van der Waals surface area contributed by atoms with Crippen LogP contribution in [0.25, 0.3) is 0 Å². The molecule has 4 heteroatoms. The molecule has 0 saturated heterocycles. The summed E-state index contributed by atoms with van der Waals surface area (Å²) in [5.74, 6) is 0.755. The van der Waals surface area contributed by atoms with Crippen LogP contribution >= 0.6 is 11.6 Å². The highest BCUT2D eigenvalue weighted by Gasteiger charge is 2.23. The highest BCUT2D eigenvalue weighted by molar-refractivity contribution is 6.32. The van der Waals surface area contributed by atoms with Gasteiger partial charge in [-0.1, -0.05) is 11.6 Å². The van der Waals surface area contributed by atoms with Crippen molar-refractivity contribution in [2.45, 2.75) is 25.9 Å². The van der Waals surface area contributed by atoms with Crippen LogP contribution in [0, 0.1) is 0 Å². The fourth-order valence-electron chi connectivity index (χ4n) is 1.92. The van der Waals surface area contributed by atoms with Gasteiger partial charge in [-0.05, 0) is 25.6 Å². The lowest BCUT2D eigenvalue weighted by Gasteiger charge is -2.06. The number of halogens is 1. The Hall–Kier alpha value is -1.06. The van der Waals surface area contributed by atoms with Crippen LogP contribution in [0.15, 0.2) is 12.1 Å². The molecule has 3 nitrogen and oxygen atoms in total. The number of fused-ring (bicyclic) bond motifs is 1. The molecule has 0 saturated carbocycles. The predicted octanol–water partition coefficient (Wildman–Crippen LogP) is 2.19. The summed E-state index contributed by atoms with van der Waals surface area (Å²) < 4.78 is 5.56. The molecule has 2 N–H and O–H groups in total. The quantitative estimate of drug-likeness (QED) is 0.823. The summed E-state index contributed by atoms with van der Waals surface area (Å²) in [6, 6.07) is 3.53. The van der Waals surface area contributed by atoms with Gasteiger partial charge in [-0.15, -0.1) is 0 Å². The summed E-state index contributed by atoms with van der Waals surface area (Å²) in [7, 11) is 0. The summed E-state index contributed by atoms with van der Waals surface area (Å²) in [6.45, 7) is 2.35. The SMILES string of the molecule is CC1Cc2cc(C(=O)CCN)cc(Cl)c2O1. The summed E-state index contributed by atoms with van der Waals surface area (Å²) in [5.41, 5.74) is 7.01. The third-order valence-electron chi connectivity index (χ3n) is 2.64. The maximum Gasteiger partial charge on any atom is 0.164 e. The first-order chi connectivity index (χ1) is 7.61. The second-order valence-corrected chi connectivity index (χ2v) is 4.45. The van der Waals surface area contributed by atoms with E-state index in [4.69, 9.17) is 22.1 Å². The highest BCUT2D eigenvalue weighted by atomic mass is 35.5. The molecule has 1 aliphatic heterocycles. The third kappa shape index (κ3) is 2.06. The summed E-state index contributed by atoms with van der Waals surface area (Å²) >= 11 is 6.08. The number of ether oxygens (including phenoxy) is 1. The fourth-order valence-corrected chi connectivity index (χ4v) is 2.21. The van der Waals surface area contributed by atoms with E-state index < -0.39 is 0 Å². The number of Topliss-reactive ketones (excluding diaryl/α,β-unsaturated/α-hetero) is 1. The van der Waals surface area contributed by atoms with Crippen LogP contribution < -0.4 is 10.5 Å². The zero-order chi connectivity index (χ0) is 11.7. The number of benzene rings is 1. The highest BCUT2D eigenvalue weighted by Crippen LogP contribution is 2.37. The number of ketones is 1. The van der Waals surface area contributed by atoms with Crippen LogP contribution in [0.3, 0.4) is 0 Å². The van der Waals surface area contributed by atoms with Crippen molar-refractivity contribution in [1.82, 2.24) is 0 Å². The number of carbonyl (C=O) groups excluding carboxylic acids is 1. The predicted molar refractivity (Wildman–Crippen MR) is 63.2 cm³/mol. The van der Waals surface area contributed by atoms with E-state index in [0.717, 1.165) is 17.7 Å². The average Bonchev–Trinajstić information content (AvgIpc) is 2.59. The fraction of sp³-hybridized carbons (Fsp3) is 0.417. The maximum atomic E-state index is 11.7. The van der Waals surface area contributed by atoms with E-state index in [2.05, 4.69) is 0 Å². The van der Waals surface area contributed by atoms with Crippen molar-refractivity contribution in [2.75, 3.05) is 6.54 Å². The average molecular weight is 240 g/mol. The van der Waals surface area contributed by atoms with Gasteiger partial charge in [0.25, 0.3) is 0 Å². The van der Waals surface area contributed by atoms with E-state index in [1.165, 1.54) is 0 Å². The topological polar surface area (TPSA) is 52.3 Å². The van der Waals surface area contributed by atoms with E-state index in [-0.39, 0.29) is 11.9 Å². The minimum absolute atomic E-state index is 0.0340. The van der Waals surface area contributed by atoms with Gasteiger partial charge in [-0.2, -0.15) is 0 Å². The molecule has 1 aliphatic rings. The van der Waals surface area contributed by atoms with Crippen molar-refractivity contribution in [3.05, 3.63) is 28.3 Å². The Morgan fingerprint density at radius 2 is 2.38 bits per heavy atom. The van der Waals surface area contributed by atoms with Crippen LogP contribution in [0.2, 0.25) is 5.02 Å². The van der Waals surface area contributed by atoms with Crippen molar-refractivity contribution in [3.63, 3.8) is 0 Å². The normalized spacial score (nSPS) is 18.1. The standard InChI is InChI=1S/C12H14ClNO2/c1-7-4-9-5-8(11(15)2-3-14)6-10(13)12(9)16-7/h5-7H,2-4,14H2,1H3. The molecule has 0 spiro atoms. The van der Waals surface area contributed by atoms with Crippen molar-refractivity contribution < 1.29 is 9.53 Å². The van der Waals surface area contributed by atoms with E-state index in [1.807, 2.05) is 13.0 Å². The van der Waals surface area contributed by atoms with Crippen LogP contribution in [0.1, 0.15) is 29.3 Å². The van der Waals surface area contributed by atoms with Gasteiger partial charge in [-0.3, -0.25) is 4.79 Å². The Morgan fingerprint density at radius 3 is 3.06 bits per heavy atom. The zero-order valence-electron chi connectivity index (χ0n) is 9.13. The lowest BCUT2D eigenvalue weighted by molar-refractivity contribution is 0.0985. The molecule has 2 rings (SSSR count). The Labute approximate surface area is 99.5 Å². The zero-order valence-corrected chi connectivity index (χ0v) is 9.88. The molecule has 1 atom stereocenters. The van der Waals surface area contributed by atoms with Crippen molar-refractivity contribution >= 4 is 17.4 Å². The first-order valence-corrected chi connectivity index (χ1v) is 5.72. The second-order valence-electron chi connectivity index (χ2n) is 4.04. The molecule has 1 heterocycles. The summed E-state index contributed by atoms with van der Waals surface area (Å²) in [4.78, 5) is 11.7. The van der Waals surface area contributed by atoms with Crippen molar-refractivity contribution in [2.24, 2.45) is 5.73 Å². The lowest BCUT2D eigenvalue weighted by atomic mass is 10.0.